The number of anilines is 1. The average Bonchev–Trinajstić information content (AvgIpc) is 2.79. The van der Waals surface area contributed by atoms with Gasteiger partial charge in [-0.1, -0.05) is 25.9 Å². The Bertz CT molecular complexity index is 656. The first-order valence-corrected chi connectivity index (χ1v) is 8.21. The van der Waals surface area contributed by atoms with Gasteiger partial charge in [-0.25, -0.2) is 4.98 Å². The molecule has 1 heterocycles. The van der Waals surface area contributed by atoms with Gasteiger partial charge >= 0.3 is 0 Å². The van der Waals surface area contributed by atoms with Gasteiger partial charge < -0.3 is 10.5 Å². The lowest BCUT2D eigenvalue weighted by Crippen LogP contribution is -2.43. The van der Waals surface area contributed by atoms with Crippen LogP contribution in [0.15, 0.2) is 28.0 Å². The van der Waals surface area contributed by atoms with Crippen LogP contribution in [0.3, 0.4) is 0 Å². The molecule has 1 aromatic rings. The van der Waals surface area contributed by atoms with Crippen molar-refractivity contribution in [3.63, 3.8) is 0 Å². The van der Waals surface area contributed by atoms with Crippen molar-refractivity contribution >= 4 is 33.4 Å². The van der Waals surface area contributed by atoms with Crippen LogP contribution in [0.25, 0.3) is 0 Å². The molecule has 5 nitrogen and oxygen atoms in total. The Morgan fingerprint density at radius 2 is 2.09 bits per heavy atom. The number of hydrogen-bond donors (Lipinski definition) is 2. The molecule has 2 atom stereocenters. The SMILES string of the molecule is CC12CCC(C(=O)Nc3ccc(Br)cn3)(C/C1=N\O)C2(C)C. The summed E-state index contributed by atoms with van der Waals surface area (Å²) in [4.78, 5) is 17.2. The zero-order chi connectivity index (χ0) is 16.2. The van der Waals surface area contributed by atoms with Gasteiger partial charge in [-0.05, 0) is 46.3 Å². The van der Waals surface area contributed by atoms with Gasteiger partial charge in [0.15, 0.2) is 0 Å². The molecule has 2 unspecified atom stereocenters. The zero-order valence-corrected chi connectivity index (χ0v) is 14.6. The van der Waals surface area contributed by atoms with E-state index >= 15 is 0 Å². The average molecular weight is 366 g/mol. The summed E-state index contributed by atoms with van der Waals surface area (Å²) in [6.07, 6.45) is 3.83. The van der Waals surface area contributed by atoms with Gasteiger partial charge in [0.05, 0.1) is 11.1 Å². The lowest BCUT2D eigenvalue weighted by Gasteiger charge is -2.39. The summed E-state index contributed by atoms with van der Waals surface area (Å²) >= 11 is 3.33. The molecule has 2 fully saturated rings. The van der Waals surface area contributed by atoms with Crippen molar-refractivity contribution in [2.24, 2.45) is 21.4 Å². The van der Waals surface area contributed by atoms with Gasteiger partial charge in [-0.15, -0.1) is 0 Å². The molecular weight excluding hydrogens is 346 g/mol. The molecule has 0 saturated heterocycles. The predicted octanol–water partition coefficient (Wildman–Crippen LogP) is 3.83. The third-order valence-electron chi connectivity index (χ3n) is 6.26. The van der Waals surface area contributed by atoms with E-state index in [4.69, 9.17) is 0 Å². The third kappa shape index (κ3) is 1.79. The molecule has 0 aromatic carbocycles. The number of pyridine rings is 1. The highest BCUT2D eigenvalue weighted by molar-refractivity contribution is 9.10. The minimum absolute atomic E-state index is 0.0327. The van der Waals surface area contributed by atoms with Crippen LogP contribution in [0.1, 0.15) is 40.0 Å². The number of carbonyl (C=O) groups is 1. The maximum Gasteiger partial charge on any atom is 0.232 e. The maximum absolute atomic E-state index is 13.0. The van der Waals surface area contributed by atoms with Crippen molar-refractivity contribution in [2.45, 2.75) is 40.0 Å². The molecule has 2 bridgehead atoms. The van der Waals surface area contributed by atoms with Crippen LogP contribution in [0.2, 0.25) is 0 Å². The van der Waals surface area contributed by atoms with Gasteiger partial charge in [0, 0.05) is 22.5 Å². The van der Waals surface area contributed by atoms with Crippen molar-refractivity contribution in [3.05, 3.63) is 22.8 Å². The lowest BCUT2D eigenvalue weighted by molar-refractivity contribution is -0.130. The van der Waals surface area contributed by atoms with Crippen LogP contribution in [-0.2, 0) is 4.79 Å². The number of fused-ring (bicyclic) bond motifs is 2. The van der Waals surface area contributed by atoms with Crippen molar-refractivity contribution in [2.75, 3.05) is 5.32 Å². The van der Waals surface area contributed by atoms with E-state index in [1.54, 1.807) is 12.3 Å². The second-order valence-corrected chi connectivity index (χ2v) is 7.99. The van der Waals surface area contributed by atoms with Crippen LogP contribution < -0.4 is 5.32 Å². The van der Waals surface area contributed by atoms with E-state index in [1.807, 2.05) is 6.07 Å². The smallest absolute Gasteiger partial charge is 0.232 e. The largest absolute Gasteiger partial charge is 0.411 e. The molecule has 6 heteroatoms. The highest BCUT2D eigenvalue weighted by Gasteiger charge is 2.71. The number of amides is 1. The third-order valence-corrected chi connectivity index (χ3v) is 6.73. The Morgan fingerprint density at radius 3 is 2.64 bits per heavy atom. The van der Waals surface area contributed by atoms with E-state index in [1.165, 1.54) is 0 Å². The summed E-state index contributed by atoms with van der Waals surface area (Å²) in [6.45, 7) is 6.31. The number of nitrogens with zero attached hydrogens (tertiary/aromatic N) is 2. The standard InChI is InChI=1S/C16H20BrN3O2/c1-14(2)15(3)6-7-16(14,8-11(15)20-22)13(21)19-12-5-4-10(17)9-18-12/h4-5,9,22H,6-8H2,1-3H3,(H,18,19,21)/b20-11+. The second kappa shape index (κ2) is 4.78. The first-order valence-electron chi connectivity index (χ1n) is 7.41. The maximum atomic E-state index is 13.0. The Labute approximate surface area is 138 Å². The van der Waals surface area contributed by atoms with Crippen LogP contribution >= 0.6 is 15.9 Å². The van der Waals surface area contributed by atoms with E-state index in [0.717, 1.165) is 23.0 Å². The molecule has 0 spiro atoms. The van der Waals surface area contributed by atoms with Crippen LogP contribution in [-0.4, -0.2) is 21.8 Å². The van der Waals surface area contributed by atoms with Crippen LogP contribution in [0, 0.1) is 16.2 Å². The topological polar surface area (TPSA) is 74.6 Å². The molecule has 2 aliphatic rings. The van der Waals surface area contributed by atoms with E-state index in [0.29, 0.717) is 12.2 Å². The van der Waals surface area contributed by atoms with Gasteiger partial charge in [-0.2, -0.15) is 0 Å². The van der Waals surface area contributed by atoms with Gasteiger partial charge in [0.2, 0.25) is 5.91 Å². The molecule has 0 radical (unpaired) electrons. The van der Waals surface area contributed by atoms with Crippen molar-refractivity contribution < 1.29 is 10.0 Å². The molecule has 2 N–H and O–H groups in total. The molecule has 1 aromatic heterocycles. The van der Waals surface area contributed by atoms with Crippen molar-refractivity contribution in [3.8, 4) is 0 Å². The van der Waals surface area contributed by atoms with E-state index < -0.39 is 5.41 Å². The molecule has 3 rings (SSSR count). The molecule has 2 aliphatic carbocycles. The van der Waals surface area contributed by atoms with Crippen LogP contribution in [0.5, 0.6) is 0 Å². The van der Waals surface area contributed by atoms with E-state index in [-0.39, 0.29) is 16.7 Å². The predicted molar refractivity (Wildman–Crippen MR) is 88.0 cm³/mol. The first kappa shape index (κ1) is 15.5. The number of halogens is 1. The van der Waals surface area contributed by atoms with Crippen molar-refractivity contribution in [1.29, 1.82) is 0 Å². The summed E-state index contributed by atoms with van der Waals surface area (Å²) < 4.78 is 0.869. The van der Waals surface area contributed by atoms with Gasteiger partial charge in [0.25, 0.3) is 0 Å². The van der Waals surface area contributed by atoms with Crippen molar-refractivity contribution in [1.82, 2.24) is 4.98 Å². The first-order chi connectivity index (χ1) is 10.3. The number of aromatic nitrogens is 1. The molecule has 118 valence electrons. The number of rotatable bonds is 2. The summed E-state index contributed by atoms with van der Waals surface area (Å²) in [5.41, 5.74) is -0.298. The number of oxime groups is 1. The van der Waals surface area contributed by atoms with Gasteiger partial charge in [-0.3, -0.25) is 4.79 Å². The monoisotopic (exact) mass is 365 g/mol. The minimum atomic E-state index is -0.544. The molecule has 1 amide bonds. The molecular formula is C16H20BrN3O2. The Kier molecular flexibility index (Phi) is 3.36. The summed E-state index contributed by atoms with van der Waals surface area (Å²) in [5.74, 6) is 0.510. The highest BCUT2D eigenvalue weighted by Crippen LogP contribution is 2.71. The zero-order valence-electron chi connectivity index (χ0n) is 13.0. The van der Waals surface area contributed by atoms with Gasteiger partial charge in [0.1, 0.15) is 5.82 Å². The second-order valence-electron chi connectivity index (χ2n) is 7.08. The fourth-order valence-corrected chi connectivity index (χ4v) is 4.46. The van der Waals surface area contributed by atoms with E-state index in [9.17, 15) is 10.0 Å². The quantitative estimate of drug-likeness (QED) is 0.617. The molecule has 2 saturated carbocycles. The lowest BCUT2D eigenvalue weighted by atomic mass is 9.64. The Hall–Kier alpha value is -1.43. The number of hydrogen-bond acceptors (Lipinski definition) is 4. The number of carbonyl (C=O) groups excluding carboxylic acids is 1. The fraction of sp³-hybridized carbons (Fsp3) is 0.562. The summed E-state index contributed by atoms with van der Waals surface area (Å²) in [7, 11) is 0. The molecule has 0 aliphatic heterocycles. The highest BCUT2D eigenvalue weighted by atomic mass is 79.9. The molecule has 22 heavy (non-hydrogen) atoms. The van der Waals surface area contributed by atoms with E-state index in [2.05, 4.69) is 52.2 Å². The minimum Gasteiger partial charge on any atom is -0.411 e. The normalized spacial score (nSPS) is 34.1. The fourth-order valence-electron chi connectivity index (χ4n) is 4.22. The summed E-state index contributed by atoms with van der Waals surface area (Å²) in [5, 5.41) is 15.8. The Balaban J connectivity index is 1.93. The van der Waals surface area contributed by atoms with Crippen LogP contribution in [0.4, 0.5) is 5.82 Å². The number of nitrogens with one attached hydrogen (secondary N) is 1. The Morgan fingerprint density at radius 1 is 1.36 bits per heavy atom. The summed E-state index contributed by atoms with van der Waals surface area (Å²) in [6, 6.07) is 3.62.